The van der Waals surface area contributed by atoms with Crippen LogP contribution in [0, 0.1) is 0 Å². The van der Waals surface area contributed by atoms with E-state index in [1.54, 1.807) is 18.2 Å². The highest BCUT2D eigenvalue weighted by Gasteiger charge is 2.30. The fourth-order valence-electron chi connectivity index (χ4n) is 3.39. The third-order valence-corrected chi connectivity index (χ3v) is 5.12. The normalized spacial score (nSPS) is 16.9. The number of carbonyl (C=O) groups excluding carboxylic acids is 1. The molecule has 1 amide bonds. The monoisotopic (exact) mass is 407 g/mol. The minimum absolute atomic E-state index is 0.116. The van der Waals surface area contributed by atoms with E-state index in [4.69, 9.17) is 28.3 Å². The van der Waals surface area contributed by atoms with Gasteiger partial charge in [0.1, 0.15) is 6.04 Å². The molecule has 2 N–H and O–H groups in total. The molecule has 27 heavy (non-hydrogen) atoms. The number of aliphatic hydroxyl groups excluding tert-OH is 1. The predicted molar refractivity (Wildman–Crippen MR) is 109 cm³/mol. The van der Waals surface area contributed by atoms with Gasteiger partial charge in [0.05, 0.1) is 6.61 Å². The minimum Gasteiger partial charge on any atom is -0.395 e. The van der Waals surface area contributed by atoms with Crippen molar-refractivity contribution in [2.45, 2.75) is 6.04 Å². The molecule has 5 nitrogen and oxygen atoms in total. The summed E-state index contributed by atoms with van der Waals surface area (Å²) < 4.78 is 0. The van der Waals surface area contributed by atoms with Crippen molar-refractivity contribution in [2.75, 3.05) is 44.6 Å². The summed E-state index contributed by atoms with van der Waals surface area (Å²) in [7, 11) is 0. The summed E-state index contributed by atoms with van der Waals surface area (Å²) in [5, 5.41) is 13.0. The van der Waals surface area contributed by atoms with Gasteiger partial charge in [0.2, 0.25) is 5.91 Å². The molecule has 1 aliphatic heterocycles. The van der Waals surface area contributed by atoms with Crippen LogP contribution in [0.5, 0.6) is 0 Å². The molecule has 144 valence electrons. The molecule has 1 heterocycles. The minimum atomic E-state index is -0.403. The summed E-state index contributed by atoms with van der Waals surface area (Å²) in [6, 6.07) is 14.4. The molecular weight excluding hydrogens is 385 g/mol. The van der Waals surface area contributed by atoms with E-state index in [-0.39, 0.29) is 12.5 Å². The first kappa shape index (κ1) is 20.1. The zero-order chi connectivity index (χ0) is 19.2. The number of aliphatic hydroxyl groups is 1. The van der Waals surface area contributed by atoms with Crippen LogP contribution >= 0.6 is 23.2 Å². The van der Waals surface area contributed by atoms with E-state index in [1.807, 2.05) is 30.3 Å². The van der Waals surface area contributed by atoms with E-state index in [1.165, 1.54) is 0 Å². The lowest BCUT2D eigenvalue weighted by Gasteiger charge is -2.38. The van der Waals surface area contributed by atoms with E-state index in [0.29, 0.717) is 22.3 Å². The Kier molecular flexibility index (Phi) is 7.10. The smallest absolute Gasteiger partial charge is 0.246 e. The van der Waals surface area contributed by atoms with Gasteiger partial charge in [0.25, 0.3) is 0 Å². The molecule has 1 aliphatic rings. The van der Waals surface area contributed by atoms with Crippen molar-refractivity contribution in [2.24, 2.45) is 0 Å². The number of hydrogen-bond donors (Lipinski definition) is 2. The number of β-amino-alcohol motifs (C(OH)–C–C–N with tert-alkyl or cyclic N) is 1. The van der Waals surface area contributed by atoms with Crippen LogP contribution in [0.1, 0.15) is 11.6 Å². The molecule has 0 spiro atoms. The second kappa shape index (κ2) is 9.53. The van der Waals surface area contributed by atoms with Gasteiger partial charge in [-0.1, -0.05) is 53.5 Å². The maximum atomic E-state index is 13.1. The van der Waals surface area contributed by atoms with Crippen molar-refractivity contribution in [3.8, 4) is 0 Å². The molecule has 1 fully saturated rings. The summed E-state index contributed by atoms with van der Waals surface area (Å²) >= 11 is 12.1. The third-order valence-electron chi connectivity index (χ3n) is 4.68. The summed E-state index contributed by atoms with van der Waals surface area (Å²) in [5.74, 6) is -0.116. The molecular formula is C20H23Cl2N3O2. The Bertz CT molecular complexity index is 745. The Labute approximate surface area is 169 Å². The predicted octanol–water partition coefficient (Wildman–Crippen LogP) is 3.28. The Hall–Kier alpha value is -1.63. The van der Waals surface area contributed by atoms with Gasteiger partial charge in [-0.2, -0.15) is 0 Å². The van der Waals surface area contributed by atoms with Crippen LogP contribution in [0.3, 0.4) is 0 Å². The van der Waals surface area contributed by atoms with E-state index in [0.717, 1.165) is 31.7 Å². The molecule has 0 aromatic heterocycles. The third kappa shape index (κ3) is 5.43. The topological polar surface area (TPSA) is 55.8 Å². The van der Waals surface area contributed by atoms with Crippen molar-refractivity contribution in [1.82, 2.24) is 9.80 Å². The van der Waals surface area contributed by atoms with Crippen LogP contribution in [0.2, 0.25) is 10.0 Å². The van der Waals surface area contributed by atoms with Gasteiger partial charge < -0.3 is 10.4 Å². The molecule has 1 saturated heterocycles. The number of hydrogen-bond acceptors (Lipinski definition) is 4. The Morgan fingerprint density at radius 3 is 2.26 bits per heavy atom. The lowest BCUT2D eigenvalue weighted by atomic mass is 10.0. The molecule has 2 aromatic rings. The Morgan fingerprint density at radius 1 is 1.04 bits per heavy atom. The first-order chi connectivity index (χ1) is 13.1. The lowest BCUT2D eigenvalue weighted by molar-refractivity contribution is -0.122. The van der Waals surface area contributed by atoms with Crippen LogP contribution < -0.4 is 5.32 Å². The average Bonchev–Trinajstić information content (AvgIpc) is 2.63. The first-order valence-electron chi connectivity index (χ1n) is 8.96. The molecule has 3 rings (SSSR count). The number of rotatable bonds is 6. The summed E-state index contributed by atoms with van der Waals surface area (Å²) in [5.41, 5.74) is 1.52. The highest BCUT2D eigenvalue weighted by Crippen LogP contribution is 2.27. The van der Waals surface area contributed by atoms with E-state index < -0.39 is 6.04 Å². The maximum absolute atomic E-state index is 13.1. The molecule has 7 heteroatoms. The Balaban J connectivity index is 1.79. The zero-order valence-corrected chi connectivity index (χ0v) is 16.5. The number of benzene rings is 2. The molecule has 0 bridgehead atoms. The van der Waals surface area contributed by atoms with Crippen LogP contribution in [-0.2, 0) is 4.79 Å². The van der Waals surface area contributed by atoms with Gasteiger partial charge in [-0.25, -0.2) is 0 Å². The van der Waals surface area contributed by atoms with Crippen LogP contribution in [0.15, 0.2) is 48.5 Å². The molecule has 1 atom stereocenters. The number of halogens is 2. The summed E-state index contributed by atoms with van der Waals surface area (Å²) in [6.07, 6.45) is 0. The fraction of sp³-hybridized carbons (Fsp3) is 0.350. The largest absolute Gasteiger partial charge is 0.395 e. The molecule has 1 unspecified atom stereocenters. The second-order valence-corrected chi connectivity index (χ2v) is 7.43. The SMILES string of the molecule is O=C(Nc1cc(Cl)cc(Cl)c1)C(c1ccccc1)N1CCN(CCO)CC1. The summed E-state index contributed by atoms with van der Waals surface area (Å²) in [6.45, 7) is 3.96. The zero-order valence-electron chi connectivity index (χ0n) is 14.9. The van der Waals surface area contributed by atoms with E-state index >= 15 is 0 Å². The fourth-order valence-corrected chi connectivity index (χ4v) is 3.91. The van der Waals surface area contributed by atoms with Gasteiger partial charge in [-0.15, -0.1) is 0 Å². The van der Waals surface area contributed by atoms with Crippen molar-refractivity contribution in [3.05, 3.63) is 64.1 Å². The number of nitrogens with zero attached hydrogens (tertiary/aromatic N) is 2. The van der Waals surface area contributed by atoms with Crippen LogP contribution in [-0.4, -0.2) is 60.1 Å². The second-order valence-electron chi connectivity index (χ2n) is 6.56. The highest BCUT2D eigenvalue weighted by atomic mass is 35.5. The first-order valence-corrected chi connectivity index (χ1v) is 9.71. The number of amides is 1. The highest BCUT2D eigenvalue weighted by molar-refractivity contribution is 6.35. The van der Waals surface area contributed by atoms with Gasteiger partial charge in [0.15, 0.2) is 0 Å². The maximum Gasteiger partial charge on any atom is 0.246 e. The van der Waals surface area contributed by atoms with Crippen LogP contribution in [0.25, 0.3) is 0 Å². The summed E-state index contributed by atoms with van der Waals surface area (Å²) in [4.78, 5) is 17.5. The number of nitrogens with one attached hydrogen (secondary N) is 1. The molecule has 2 aromatic carbocycles. The van der Waals surface area contributed by atoms with Crippen molar-refractivity contribution in [1.29, 1.82) is 0 Å². The number of carbonyl (C=O) groups is 1. The number of piperazine rings is 1. The van der Waals surface area contributed by atoms with E-state index in [2.05, 4.69) is 15.1 Å². The quantitative estimate of drug-likeness (QED) is 0.771. The lowest BCUT2D eigenvalue weighted by Crippen LogP contribution is -2.50. The van der Waals surface area contributed by atoms with Crippen molar-refractivity contribution in [3.63, 3.8) is 0 Å². The van der Waals surface area contributed by atoms with Crippen LogP contribution in [0.4, 0.5) is 5.69 Å². The molecule has 0 radical (unpaired) electrons. The van der Waals surface area contributed by atoms with Gasteiger partial charge in [-0.05, 0) is 23.8 Å². The van der Waals surface area contributed by atoms with Gasteiger partial charge in [0, 0.05) is 48.5 Å². The standard InChI is InChI=1S/C20H23Cl2N3O2/c21-16-12-17(22)14-18(13-16)23-20(27)19(15-4-2-1-3-5-15)25-8-6-24(7-9-25)10-11-26/h1-5,12-14,19,26H,6-11H2,(H,23,27). The number of anilines is 1. The Morgan fingerprint density at radius 2 is 1.67 bits per heavy atom. The average molecular weight is 408 g/mol. The van der Waals surface area contributed by atoms with Crippen molar-refractivity contribution >= 4 is 34.8 Å². The van der Waals surface area contributed by atoms with Gasteiger partial charge >= 0.3 is 0 Å². The molecule has 0 aliphatic carbocycles. The van der Waals surface area contributed by atoms with Gasteiger partial charge in [-0.3, -0.25) is 14.6 Å². The van der Waals surface area contributed by atoms with Crippen molar-refractivity contribution < 1.29 is 9.90 Å². The molecule has 0 saturated carbocycles. The van der Waals surface area contributed by atoms with E-state index in [9.17, 15) is 4.79 Å².